The van der Waals surface area contributed by atoms with Crippen molar-refractivity contribution in [2.75, 3.05) is 5.73 Å². The van der Waals surface area contributed by atoms with Gasteiger partial charge in [-0.1, -0.05) is 0 Å². The summed E-state index contributed by atoms with van der Waals surface area (Å²) in [5, 5.41) is 0. The molecule has 1 aromatic carbocycles. The number of carbonyl (C=O) groups is 1. The van der Waals surface area contributed by atoms with Gasteiger partial charge < -0.3 is 10.5 Å². The second-order valence-electron chi connectivity index (χ2n) is 2.80. The quantitative estimate of drug-likeness (QED) is 0.626. The van der Waals surface area contributed by atoms with Crippen molar-refractivity contribution < 1.29 is 22.7 Å². The minimum Gasteiger partial charge on any atom is -0.432 e. The first-order valence-corrected chi connectivity index (χ1v) is 3.96. The van der Waals surface area contributed by atoms with E-state index in [0.29, 0.717) is 6.07 Å². The number of rotatable bonds is 3. The molecule has 0 unspecified atom stereocenters. The van der Waals surface area contributed by atoms with Crippen molar-refractivity contribution in [1.82, 2.24) is 0 Å². The van der Waals surface area contributed by atoms with Gasteiger partial charge in [-0.25, -0.2) is 4.39 Å². The summed E-state index contributed by atoms with van der Waals surface area (Å²) in [6.07, 6.45) is 0. The molecule has 0 radical (unpaired) electrons. The Hall–Kier alpha value is -1.72. The maximum absolute atomic E-state index is 12.9. The number of halogens is 3. The zero-order valence-electron chi connectivity index (χ0n) is 7.76. The molecule has 3 nitrogen and oxygen atoms in total. The van der Waals surface area contributed by atoms with Gasteiger partial charge in [0.05, 0.1) is 5.69 Å². The lowest BCUT2D eigenvalue weighted by molar-refractivity contribution is -0.0495. The van der Waals surface area contributed by atoms with Crippen molar-refractivity contribution in [2.45, 2.75) is 13.5 Å². The molecule has 0 heterocycles. The number of carbonyl (C=O) groups excluding carboxylic acids is 1. The summed E-state index contributed by atoms with van der Waals surface area (Å²) in [5.41, 5.74) is 4.89. The number of nitrogens with two attached hydrogens (primary N) is 1. The summed E-state index contributed by atoms with van der Waals surface area (Å²) < 4.78 is 40.6. The number of benzene rings is 1. The fourth-order valence-corrected chi connectivity index (χ4v) is 1.08. The third-order valence-electron chi connectivity index (χ3n) is 1.70. The largest absolute Gasteiger partial charge is 0.432 e. The third kappa shape index (κ3) is 2.61. The summed E-state index contributed by atoms with van der Waals surface area (Å²) in [7, 11) is 0. The van der Waals surface area contributed by atoms with E-state index in [0.717, 1.165) is 13.0 Å². The van der Waals surface area contributed by atoms with Crippen molar-refractivity contribution >= 4 is 11.5 Å². The normalized spacial score (nSPS) is 10.5. The van der Waals surface area contributed by atoms with Crippen molar-refractivity contribution in [3.05, 3.63) is 23.5 Å². The van der Waals surface area contributed by atoms with Gasteiger partial charge in [-0.05, 0) is 13.0 Å². The van der Waals surface area contributed by atoms with Crippen molar-refractivity contribution in [1.29, 1.82) is 0 Å². The van der Waals surface area contributed by atoms with Crippen LogP contribution in [0.4, 0.5) is 18.9 Å². The van der Waals surface area contributed by atoms with Gasteiger partial charge in [0.25, 0.3) is 0 Å². The molecular formula is C9H8F3NO2. The summed E-state index contributed by atoms with van der Waals surface area (Å²) in [6, 6.07) is 1.57. The molecule has 0 amide bonds. The van der Waals surface area contributed by atoms with E-state index >= 15 is 0 Å². The van der Waals surface area contributed by atoms with E-state index in [1.54, 1.807) is 0 Å². The van der Waals surface area contributed by atoms with Gasteiger partial charge in [0.2, 0.25) is 0 Å². The Bertz CT molecular complexity index is 393. The molecular weight excluding hydrogens is 211 g/mol. The van der Waals surface area contributed by atoms with Crippen LogP contribution in [0.25, 0.3) is 0 Å². The van der Waals surface area contributed by atoms with Gasteiger partial charge >= 0.3 is 6.61 Å². The van der Waals surface area contributed by atoms with Gasteiger partial charge in [0, 0.05) is 11.6 Å². The summed E-state index contributed by atoms with van der Waals surface area (Å²) in [5.74, 6) is -1.91. The molecule has 0 saturated heterocycles. The van der Waals surface area contributed by atoms with Gasteiger partial charge in [-0.2, -0.15) is 8.78 Å². The first-order chi connectivity index (χ1) is 6.91. The molecule has 6 heteroatoms. The van der Waals surface area contributed by atoms with E-state index in [1.165, 1.54) is 0 Å². The van der Waals surface area contributed by atoms with Crippen LogP contribution in [-0.4, -0.2) is 12.4 Å². The average molecular weight is 219 g/mol. The van der Waals surface area contributed by atoms with Crippen LogP contribution >= 0.6 is 0 Å². The van der Waals surface area contributed by atoms with Crippen molar-refractivity contribution in [2.24, 2.45) is 0 Å². The Kier molecular flexibility index (Phi) is 3.18. The summed E-state index contributed by atoms with van der Waals surface area (Å²) in [6.45, 7) is -1.97. The lowest BCUT2D eigenvalue weighted by atomic mass is 10.1. The Labute approximate surface area is 83.6 Å². The third-order valence-corrected chi connectivity index (χ3v) is 1.70. The van der Waals surface area contributed by atoms with E-state index in [9.17, 15) is 18.0 Å². The molecule has 2 N–H and O–H groups in total. The number of Topliss-reactive ketones (excluding diaryl/α,β-unsaturated/α-hetero) is 1. The SMILES string of the molecule is CC(=O)c1cc(F)cc(OC(F)F)c1N. The van der Waals surface area contributed by atoms with Gasteiger partial charge in [0.1, 0.15) is 5.82 Å². The zero-order valence-corrected chi connectivity index (χ0v) is 7.76. The molecule has 82 valence electrons. The van der Waals surface area contributed by atoms with Crippen LogP contribution in [0, 0.1) is 5.82 Å². The van der Waals surface area contributed by atoms with Crippen LogP contribution in [0.1, 0.15) is 17.3 Å². The summed E-state index contributed by atoms with van der Waals surface area (Å²) in [4.78, 5) is 11.0. The van der Waals surface area contributed by atoms with E-state index < -0.39 is 24.0 Å². The highest BCUT2D eigenvalue weighted by Crippen LogP contribution is 2.28. The van der Waals surface area contributed by atoms with Crippen molar-refractivity contribution in [3.8, 4) is 5.75 Å². The topological polar surface area (TPSA) is 52.3 Å². The summed E-state index contributed by atoms with van der Waals surface area (Å²) >= 11 is 0. The minimum atomic E-state index is -3.12. The fraction of sp³-hybridized carbons (Fsp3) is 0.222. The molecule has 0 fully saturated rings. The van der Waals surface area contributed by atoms with E-state index in [4.69, 9.17) is 5.73 Å². The highest BCUT2D eigenvalue weighted by atomic mass is 19.3. The van der Waals surface area contributed by atoms with Crippen LogP contribution in [0.3, 0.4) is 0 Å². The number of nitrogen functional groups attached to an aromatic ring is 1. The average Bonchev–Trinajstić information content (AvgIpc) is 2.09. The number of hydrogen-bond acceptors (Lipinski definition) is 3. The molecule has 0 atom stereocenters. The number of ether oxygens (including phenoxy) is 1. The Morgan fingerprint density at radius 3 is 2.53 bits per heavy atom. The van der Waals surface area contributed by atoms with Crippen LogP contribution < -0.4 is 10.5 Å². The highest BCUT2D eigenvalue weighted by Gasteiger charge is 2.15. The van der Waals surface area contributed by atoms with Crippen LogP contribution in [0.5, 0.6) is 5.75 Å². The first-order valence-electron chi connectivity index (χ1n) is 3.96. The second kappa shape index (κ2) is 4.20. The van der Waals surface area contributed by atoms with E-state index in [-0.39, 0.29) is 11.3 Å². The smallest absolute Gasteiger partial charge is 0.387 e. The minimum absolute atomic E-state index is 0.175. The van der Waals surface area contributed by atoms with Crippen LogP contribution in [0.2, 0.25) is 0 Å². The molecule has 0 aliphatic heterocycles. The van der Waals surface area contributed by atoms with E-state index in [1.807, 2.05) is 0 Å². The standard InChI is InChI=1S/C9H8F3NO2/c1-4(14)6-2-5(10)3-7(8(6)13)15-9(11)12/h2-3,9H,13H2,1H3. The monoisotopic (exact) mass is 219 g/mol. The fourth-order valence-electron chi connectivity index (χ4n) is 1.08. The maximum atomic E-state index is 12.9. The molecule has 0 aliphatic carbocycles. The molecule has 0 saturated carbocycles. The number of hydrogen-bond donors (Lipinski definition) is 1. The Balaban J connectivity index is 3.22. The van der Waals surface area contributed by atoms with Gasteiger partial charge in [-0.3, -0.25) is 4.79 Å². The van der Waals surface area contributed by atoms with Crippen LogP contribution in [0.15, 0.2) is 12.1 Å². The number of alkyl halides is 2. The van der Waals surface area contributed by atoms with Gasteiger partial charge in [0.15, 0.2) is 11.5 Å². The molecule has 0 aliphatic rings. The van der Waals surface area contributed by atoms with Crippen molar-refractivity contribution in [3.63, 3.8) is 0 Å². The predicted octanol–water partition coefficient (Wildman–Crippen LogP) is 2.21. The number of ketones is 1. The zero-order chi connectivity index (χ0) is 11.6. The Morgan fingerprint density at radius 1 is 1.47 bits per heavy atom. The molecule has 1 rings (SSSR count). The predicted molar refractivity (Wildman–Crippen MR) is 47.4 cm³/mol. The molecule has 15 heavy (non-hydrogen) atoms. The lowest BCUT2D eigenvalue weighted by Gasteiger charge is -2.10. The highest BCUT2D eigenvalue weighted by molar-refractivity contribution is 6.00. The Morgan fingerprint density at radius 2 is 2.07 bits per heavy atom. The molecule has 0 aromatic heterocycles. The molecule has 1 aromatic rings. The lowest BCUT2D eigenvalue weighted by Crippen LogP contribution is -2.08. The van der Waals surface area contributed by atoms with E-state index in [2.05, 4.69) is 4.74 Å². The molecule has 0 bridgehead atoms. The van der Waals surface area contributed by atoms with Gasteiger partial charge in [-0.15, -0.1) is 0 Å². The number of anilines is 1. The maximum Gasteiger partial charge on any atom is 0.387 e. The first kappa shape index (κ1) is 11.4. The second-order valence-corrected chi connectivity index (χ2v) is 2.80. The van der Waals surface area contributed by atoms with Crippen LogP contribution in [-0.2, 0) is 0 Å². The molecule has 0 spiro atoms.